The number of thiophene rings is 1. The van der Waals surface area contributed by atoms with Crippen LogP contribution in [0.25, 0.3) is 0 Å². The van der Waals surface area contributed by atoms with Crippen molar-refractivity contribution in [3.05, 3.63) is 20.8 Å². The second kappa shape index (κ2) is 5.71. The molecule has 7 heteroatoms. The van der Waals surface area contributed by atoms with Gasteiger partial charge in [0.05, 0.1) is 9.83 Å². The largest absolute Gasteiger partial charge is 0.459 e. The number of carbonyl (C=O) groups is 2. The van der Waals surface area contributed by atoms with Crippen LogP contribution in [0.2, 0.25) is 0 Å². The normalized spacial score (nSPS) is 18.9. The van der Waals surface area contributed by atoms with Gasteiger partial charge in [0, 0.05) is 6.54 Å². The zero-order valence-corrected chi connectivity index (χ0v) is 12.0. The van der Waals surface area contributed by atoms with Crippen LogP contribution < -0.4 is 5.73 Å². The van der Waals surface area contributed by atoms with Gasteiger partial charge in [-0.3, -0.25) is 0 Å². The predicted molar refractivity (Wildman–Crippen MR) is 71.6 cm³/mol. The van der Waals surface area contributed by atoms with Gasteiger partial charge in [-0.1, -0.05) is 0 Å². The first-order valence-electron chi connectivity index (χ1n) is 5.56. The molecule has 1 aliphatic heterocycles. The molecule has 98 valence electrons. The standard InChI is InChI=1S/C11H13BrN2O3S/c12-9-4-3-8(18-9)10(15)17-6-7-2-1-5-14(7)11(13)16/h3-4,7H,1-2,5-6H2,(H2,13,16). The first-order valence-corrected chi connectivity index (χ1v) is 7.17. The smallest absolute Gasteiger partial charge is 0.348 e. The van der Waals surface area contributed by atoms with Crippen molar-refractivity contribution >= 4 is 39.3 Å². The second-order valence-corrected chi connectivity index (χ2v) is 6.49. The van der Waals surface area contributed by atoms with E-state index >= 15 is 0 Å². The van der Waals surface area contributed by atoms with E-state index in [0.29, 0.717) is 11.4 Å². The minimum absolute atomic E-state index is 0.0881. The van der Waals surface area contributed by atoms with Gasteiger partial charge in [-0.25, -0.2) is 9.59 Å². The van der Waals surface area contributed by atoms with E-state index in [2.05, 4.69) is 15.9 Å². The maximum absolute atomic E-state index is 11.7. The predicted octanol–water partition coefficient (Wildman–Crippen LogP) is 2.21. The molecule has 0 saturated carbocycles. The molecule has 18 heavy (non-hydrogen) atoms. The molecule has 1 saturated heterocycles. The molecule has 1 aliphatic rings. The van der Waals surface area contributed by atoms with Crippen LogP contribution in [0.1, 0.15) is 22.5 Å². The highest BCUT2D eigenvalue weighted by Gasteiger charge is 2.28. The first kappa shape index (κ1) is 13.4. The molecule has 0 spiro atoms. The van der Waals surface area contributed by atoms with E-state index in [4.69, 9.17) is 10.5 Å². The highest BCUT2D eigenvalue weighted by molar-refractivity contribution is 9.11. The summed E-state index contributed by atoms with van der Waals surface area (Å²) < 4.78 is 6.09. The van der Waals surface area contributed by atoms with E-state index in [1.165, 1.54) is 11.3 Å². The molecule has 1 atom stereocenters. The Bertz CT molecular complexity index is 463. The average molecular weight is 333 g/mol. The summed E-state index contributed by atoms with van der Waals surface area (Å²) >= 11 is 4.61. The molecule has 0 aliphatic carbocycles. The van der Waals surface area contributed by atoms with Crippen molar-refractivity contribution < 1.29 is 14.3 Å². The maximum Gasteiger partial charge on any atom is 0.348 e. The van der Waals surface area contributed by atoms with Crippen LogP contribution in [0, 0.1) is 0 Å². The average Bonchev–Trinajstić information content (AvgIpc) is 2.94. The van der Waals surface area contributed by atoms with Crippen LogP contribution in [-0.4, -0.2) is 36.1 Å². The van der Waals surface area contributed by atoms with Gasteiger partial charge in [-0.2, -0.15) is 0 Å². The SMILES string of the molecule is NC(=O)N1CCCC1COC(=O)c1ccc(Br)s1. The molecule has 5 nitrogen and oxygen atoms in total. The molecule has 2 heterocycles. The number of likely N-dealkylation sites (tertiary alicyclic amines) is 1. The number of esters is 1. The Morgan fingerprint density at radius 1 is 1.56 bits per heavy atom. The number of rotatable bonds is 3. The van der Waals surface area contributed by atoms with Crippen molar-refractivity contribution in [3.63, 3.8) is 0 Å². The molecule has 2 N–H and O–H groups in total. The van der Waals surface area contributed by atoms with Crippen LogP contribution in [-0.2, 0) is 4.74 Å². The minimum Gasteiger partial charge on any atom is -0.459 e. The number of hydrogen-bond acceptors (Lipinski definition) is 4. The Kier molecular flexibility index (Phi) is 4.23. The summed E-state index contributed by atoms with van der Waals surface area (Å²) in [4.78, 5) is 25.0. The van der Waals surface area contributed by atoms with Crippen LogP contribution in [0.3, 0.4) is 0 Å². The number of carbonyl (C=O) groups excluding carboxylic acids is 2. The van der Waals surface area contributed by atoms with Gasteiger partial charge in [0.2, 0.25) is 0 Å². The van der Waals surface area contributed by atoms with Crippen LogP contribution in [0.5, 0.6) is 0 Å². The number of primary amides is 1. The molecule has 1 aromatic rings. The van der Waals surface area contributed by atoms with E-state index in [0.717, 1.165) is 16.6 Å². The molecule has 1 unspecified atom stereocenters. The summed E-state index contributed by atoms with van der Waals surface area (Å²) in [6, 6.07) is 2.96. The summed E-state index contributed by atoms with van der Waals surface area (Å²) in [5.41, 5.74) is 5.25. The van der Waals surface area contributed by atoms with Crippen molar-refractivity contribution in [3.8, 4) is 0 Å². The van der Waals surface area contributed by atoms with Crippen molar-refractivity contribution in [1.82, 2.24) is 4.90 Å². The second-order valence-electron chi connectivity index (χ2n) is 4.03. The van der Waals surface area contributed by atoms with Gasteiger partial charge >= 0.3 is 12.0 Å². The number of halogens is 1. The van der Waals surface area contributed by atoms with Gasteiger partial charge in [0.15, 0.2) is 0 Å². The van der Waals surface area contributed by atoms with E-state index in [1.54, 1.807) is 17.0 Å². The number of nitrogens with two attached hydrogens (primary N) is 1. The Morgan fingerprint density at radius 2 is 2.33 bits per heavy atom. The van der Waals surface area contributed by atoms with Crippen molar-refractivity contribution in [2.75, 3.05) is 13.2 Å². The topological polar surface area (TPSA) is 72.6 Å². The molecular weight excluding hydrogens is 320 g/mol. The summed E-state index contributed by atoms with van der Waals surface area (Å²) in [5.74, 6) is -0.359. The number of amides is 2. The summed E-state index contributed by atoms with van der Waals surface area (Å²) in [6.45, 7) is 0.847. The van der Waals surface area contributed by atoms with Crippen molar-refractivity contribution in [1.29, 1.82) is 0 Å². The number of urea groups is 1. The quantitative estimate of drug-likeness (QED) is 0.862. The Morgan fingerprint density at radius 3 is 2.94 bits per heavy atom. The lowest BCUT2D eigenvalue weighted by Gasteiger charge is -2.21. The lowest BCUT2D eigenvalue weighted by Crippen LogP contribution is -2.41. The molecule has 2 rings (SSSR count). The van der Waals surface area contributed by atoms with Gasteiger partial charge in [-0.05, 0) is 40.9 Å². The van der Waals surface area contributed by atoms with Crippen LogP contribution in [0.15, 0.2) is 15.9 Å². The van der Waals surface area contributed by atoms with Gasteiger partial charge in [-0.15, -0.1) is 11.3 Å². The zero-order valence-electron chi connectivity index (χ0n) is 9.60. The molecule has 2 amide bonds. The summed E-state index contributed by atoms with van der Waals surface area (Å²) in [5, 5.41) is 0. The maximum atomic E-state index is 11.7. The summed E-state index contributed by atoms with van der Waals surface area (Å²) in [7, 11) is 0. The Labute approximate surface area is 117 Å². The minimum atomic E-state index is -0.451. The van der Waals surface area contributed by atoms with Crippen LogP contribution in [0.4, 0.5) is 4.79 Å². The lowest BCUT2D eigenvalue weighted by molar-refractivity contribution is 0.0428. The Hall–Kier alpha value is -1.08. The monoisotopic (exact) mass is 332 g/mol. The lowest BCUT2D eigenvalue weighted by atomic mass is 10.2. The van der Waals surface area contributed by atoms with Crippen molar-refractivity contribution in [2.24, 2.45) is 5.73 Å². The molecule has 0 bridgehead atoms. The third-order valence-electron chi connectivity index (χ3n) is 2.84. The molecule has 0 aromatic carbocycles. The third kappa shape index (κ3) is 3.02. The zero-order chi connectivity index (χ0) is 13.1. The highest BCUT2D eigenvalue weighted by atomic mass is 79.9. The van der Waals surface area contributed by atoms with E-state index in [9.17, 15) is 9.59 Å². The Balaban J connectivity index is 1.88. The fraction of sp³-hybridized carbons (Fsp3) is 0.455. The van der Waals surface area contributed by atoms with E-state index in [1.807, 2.05) is 0 Å². The molecule has 0 radical (unpaired) electrons. The number of hydrogen-bond donors (Lipinski definition) is 1. The fourth-order valence-electron chi connectivity index (χ4n) is 1.97. The van der Waals surface area contributed by atoms with Gasteiger partial charge < -0.3 is 15.4 Å². The van der Waals surface area contributed by atoms with Gasteiger partial charge in [0.1, 0.15) is 11.5 Å². The van der Waals surface area contributed by atoms with E-state index in [-0.39, 0.29) is 18.6 Å². The highest BCUT2D eigenvalue weighted by Crippen LogP contribution is 2.23. The van der Waals surface area contributed by atoms with Crippen LogP contribution >= 0.6 is 27.3 Å². The van der Waals surface area contributed by atoms with Gasteiger partial charge in [0.25, 0.3) is 0 Å². The number of ether oxygens (including phenoxy) is 1. The third-order valence-corrected chi connectivity index (χ3v) is 4.45. The number of nitrogens with zero attached hydrogens (tertiary/aromatic N) is 1. The fourth-order valence-corrected chi connectivity index (χ4v) is 3.25. The molecule has 1 aromatic heterocycles. The first-order chi connectivity index (χ1) is 8.58. The summed E-state index contributed by atoms with van der Waals surface area (Å²) in [6.07, 6.45) is 1.72. The van der Waals surface area contributed by atoms with E-state index < -0.39 is 6.03 Å². The van der Waals surface area contributed by atoms with Crippen molar-refractivity contribution in [2.45, 2.75) is 18.9 Å². The molecular formula is C11H13BrN2O3S. The molecule has 1 fully saturated rings.